The molecule has 1 aliphatic rings. The number of amides is 1. The SMILES string of the molecule is Cc1cc(C(=O)N2CCCCC2)c2c(=O)n(Cc3ccc(Cl)cc3)c(=O)n(C)c2n1. The monoisotopic (exact) mass is 426 g/mol. The van der Waals surface area contributed by atoms with Gasteiger partial charge in [-0.2, -0.15) is 0 Å². The number of hydrogen-bond donors (Lipinski definition) is 0. The van der Waals surface area contributed by atoms with E-state index in [1.807, 2.05) is 0 Å². The second-order valence-corrected chi connectivity index (χ2v) is 8.16. The van der Waals surface area contributed by atoms with Crippen LogP contribution in [0.15, 0.2) is 39.9 Å². The van der Waals surface area contributed by atoms with Crippen LogP contribution in [0.4, 0.5) is 0 Å². The van der Waals surface area contributed by atoms with Gasteiger partial charge in [0.15, 0.2) is 0 Å². The maximum absolute atomic E-state index is 13.4. The van der Waals surface area contributed by atoms with Crippen molar-refractivity contribution in [2.24, 2.45) is 7.05 Å². The van der Waals surface area contributed by atoms with Crippen LogP contribution in [0, 0.1) is 6.92 Å². The molecule has 0 N–H and O–H groups in total. The fourth-order valence-electron chi connectivity index (χ4n) is 3.95. The molecule has 1 saturated heterocycles. The molecule has 0 saturated carbocycles. The van der Waals surface area contributed by atoms with Gasteiger partial charge in [0.25, 0.3) is 11.5 Å². The third-order valence-corrected chi connectivity index (χ3v) is 5.80. The Balaban J connectivity index is 1.91. The molecule has 0 unspecified atom stereocenters. The fourth-order valence-corrected chi connectivity index (χ4v) is 4.08. The smallest absolute Gasteiger partial charge is 0.332 e. The number of nitrogens with zero attached hydrogens (tertiary/aromatic N) is 4. The Kier molecular flexibility index (Phi) is 5.47. The number of benzene rings is 1. The molecule has 8 heteroatoms. The van der Waals surface area contributed by atoms with Crippen molar-refractivity contribution >= 4 is 28.5 Å². The van der Waals surface area contributed by atoms with Crippen LogP contribution in [0.5, 0.6) is 0 Å². The topological polar surface area (TPSA) is 77.2 Å². The number of pyridine rings is 1. The Bertz CT molecular complexity index is 1240. The lowest BCUT2D eigenvalue weighted by Crippen LogP contribution is -2.41. The average molecular weight is 427 g/mol. The molecule has 1 amide bonds. The van der Waals surface area contributed by atoms with Crippen molar-refractivity contribution in [3.63, 3.8) is 0 Å². The lowest BCUT2D eigenvalue weighted by molar-refractivity contribution is 0.0726. The van der Waals surface area contributed by atoms with E-state index in [0.717, 1.165) is 29.4 Å². The maximum Gasteiger partial charge on any atom is 0.332 e. The van der Waals surface area contributed by atoms with Crippen LogP contribution >= 0.6 is 11.6 Å². The molecule has 1 aliphatic heterocycles. The zero-order valence-corrected chi connectivity index (χ0v) is 17.8. The Morgan fingerprint density at radius 1 is 1.10 bits per heavy atom. The van der Waals surface area contributed by atoms with Crippen LogP contribution in [0.1, 0.15) is 40.9 Å². The van der Waals surface area contributed by atoms with E-state index in [0.29, 0.717) is 29.4 Å². The van der Waals surface area contributed by atoms with E-state index in [2.05, 4.69) is 4.98 Å². The van der Waals surface area contributed by atoms with Gasteiger partial charge in [-0.1, -0.05) is 23.7 Å². The highest BCUT2D eigenvalue weighted by Crippen LogP contribution is 2.19. The standard InChI is InChI=1S/C22H23ClN4O3/c1-14-12-17(20(28)26-10-4-3-5-11-26)18-19(24-14)25(2)22(30)27(21(18)29)13-15-6-8-16(23)9-7-15/h6-9,12H,3-5,10-11,13H2,1-2H3. The highest BCUT2D eigenvalue weighted by Gasteiger charge is 2.24. The highest BCUT2D eigenvalue weighted by molar-refractivity contribution is 6.30. The first kappa shape index (κ1) is 20.3. The molecule has 0 atom stereocenters. The molecular formula is C22H23ClN4O3. The normalized spacial score (nSPS) is 14.3. The van der Waals surface area contributed by atoms with E-state index in [-0.39, 0.29) is 23.5 Å². The van der Waals surface area contributed by atoms with Gasteiger partial charge in [0.05, 0.1) is 17.5 Å². The number of rotatable bonds is 3. The minimum absolute atomic E-state index is 0.0871. The largest absolute Gasteiger partial charge is 0.339 e. The number of fused-ring (bicyclic) bond motifs is 1. The van der Waals surface area contributed by atoms with Gasteiger partial charge in [-0.15, -0.1) is 0 Å². The van der Waals surface area contributed by atoms with Crippen LogP contribution in [0.25, 0.3) is 11.0 Å². The molecule has 1 fully saturated rings. The average Bonchev–Trinajstić information content (AvgIpc) is 2.76. The van der Waals surface area contributed by atoms with Crippen molar-refractivity contribution < 1.29 is 4.79 Å². The molecule has 0 spiro atoms. The molecule has 156 valence electrons. The van der Waals surface area contributed by atoms with E-state index >= 15 is 0 Å². The Hall–Kier alpha value is -2.93. The predicted molar refractivity (Wildman–Crippen MR) is 116 cm³/mol. The molecule has 4 rings (SSSR count). The minimum atomic E-state index is -0.504. The van der Waals surface area contributed by atoms with Crippen molar-refractivity contribution in [2.75, 3.05) is 13.1 Å². The summed E-state index contributed by atoms with van der Waals surface area (Å²) in [5.41, 5.74) is 0.921. The summed E-state index contributed by atoms with van der Waals surface area (Å²) in [7, 11) is 1.57. The van der Waals surface area contributed by atoms with Gasteiger partial charge in [0.2, 0.25) is 0 Å². The molecular weight excluding hydrogens is 404 g/mol. The summed E-state index contributed by atoms with van der Waals surface area (Å²) in [5.74, 6) is -0.181. The van der Waals surface area contributed by atoms with E-state index in [1.165, 1.54) is 4.57 Å². The first-order chi connectivity index (χ1) is 14.4. The summed E-state index contributed by atoms with van der Waals surface area (Å²) in [4.78, 5) is 45.8. The zero-order valence-electron chi connectivity index (χ0n) is 17.0. The molecule has 0 bridgehead atoms. The second-order valence-electron chi connectivity index (χ2n) is 7.72. The van der Waals surface area contributed by atoms with Crippen molar-refractivity contribution in [1.29, 1.82) is 0 Å². The predicted octanol–water partition coefficient (Wildman–Crippen LogP) is 2.73. The van der Waals surface area contributed by atoms with Gasteiger partial charge in [0, 0.05) is 30.9 Å². The van der Waals surface area contributed by atoms with Crippen molar-refractivity contribution in [2.45, 2.75) is 32.7 Å². The summed E-state index contributed by atoms with van der Waals surface area (Å²) in [6, 6.07) is 8.61. The van der Waals surface area contributed by atoms with Crippen molar-refractivity contribution in [1.82, 2.24) is 19.0 Å². The van der Waals surface area contributed by atoms with Crippen LogP contribution in [0.2, 0.25) is 5.02 Å². The van der Waals surface area contributed by atoms with E-state index in [1.54, 1.807) is 49.2 Å². The molecule has 0 aliphatic carbocycles. The molecule has 7 nitrogen and oxygen atoms in total. The van der Waals surface area contributed by atoms with Gasteiger partial charge >= 0.3 is 5.69 Å². The summed E-state index contributed by atoms with van der Waals surface area (Å²) >= 11 is 5.94. The third-order valence-electron chi connectivity index (χ3n) is 5.55. The van der Waals surface area contributed by atoms with Gasteiger partial charge in [-0.25, -0.2) is 9.78 Å². The molecule has 30 heavy (non-hydrogen) atoms. The van der Waals surface area contributed by atoms with Gasteiger partial charge in [-0.05, 0) is 49.9 Å². The first-order valence-electron chi connectivity index (χ1n) is 10.0. The quantitative estimate of drug-likeness (QED) is 0.645. The maximum atomic E-state index is 13.4. The van der Waals surface area contributed by atoms with E-state index in [4.69, 9.17) is 11.6 Å². The van der Waals surface area contributed by atoms with Crippen LogP contribution in [-0.4, -0.2) is 38.0 Å². The molecule has 0 radical (unpaired) electrons. The number of piperidine rings is 1. The van der Waals surface area contributed by atoms with Crippen molar-refractivity contribution in [3.8, 4) is 0 Å². The number of carbonyl (C=O) groups excluding carboxylic acids is 1. The number of likely N-dealkylation sites (tertiary alicyclic amines) is 1. The highest BCUT2D eigenvalue weighted by atomic mass is 35.5. The number of aromatic nitrogens is 3. The van der Waals surface area contributed by atoms with Crippen LogP contribution in [0.3, 0.4) is 0 Å². The second kappa shape index (κ2) is 8.07. The third kappa shape index (κ3) is 3.65. The Morgan fingerprint density at radius 3 is 2.43 bits per heavy atom. The molecule has 2 aromatic heterocycles. The van der Waals surface area contributed by atoms with Crippen LogP contribution < -0.4 is 11.2 Å². The minimum Gasteiger partial charge on any atom is -0.339 e. The Labute approximate surface area is 178 Å². The molecule has 3 heterocycles. The number of carbonyl (C=O) groups is 1. The van der Waals surface area contributed by atoms with Gasteiger partial charge in [0.1, 0.15) is 5.65 Å². The van der Waals surface area contributed by atoms with Gasteiger partial charge < -0.3 is 4.90 Å². The number of halogens is 1. The lowest BCUT2D eigenvalue weighted by Gasteiger charge is -2.27. The summed E-state index contributed by atoms with van der Waals surface area (Å²) in [6.45, 7) is 3.19. The van der Waals surface area contributed by atoms with Crippen molar-refractivity contribution in [3.05, 3.63) is 73.0 Å². The summed E-state index contributed by atoms with van der Waals surface area (Å²) < 4.78 is 2.49. The fraction of sp³-hybridized carbons (Fsp3) is 0.364. The van der Waals surface area contributed by atoms with Crippen LogP contribution in [-0.2, 0) is 13.6 Å². The van der Waals surface area contributed by atoms with E-state index in [9.17, 15) is 14.4 Å². The molecule has 3 aromatic rings. The summed E-state index contributed by atoms with van der Waals surface area (Å²) in [6.07, 6.45) is 3.00. The Morgan fingerprint density at radius 2 is 1.77 bits per heavy atom. The zero-order chi connectivity index (χ0) is 21.4. The van der Waals surface area contributed by atoms with E-state index < -0.39 is 11.2 Å². The lowest BCUT2D eigenvalue weighted by atomic mass is 10.1. The number of hydrogen-bond acceptors (Lipinski definition) is 4. The number of aryl methyl sites for hydroxylation is 2. The summed E-state index contributed by atoms with van der Waals surface area (Å²) in [5, 5.41) is 0.763. The van der Waals surface area contributed by atoms with Gasteiger partial charge in [-0.3, -0.25) is 18.7 Å². The molecule has 1 aromatic carbocycles. The first-order valence-corrected chi connectivity index (χ1v) is 10.4.